The number of aryl methyl sites for hydroxylation is 1. The smallest absolute Gasteiger partial charge is 0.276 e. The Morgan fingerprint density at radius 2 is 2.44 bits per heavy atom. The molecule has 1 aliphatic carbocycles. The number of rotatable bonds is 2. The normalized spacial score (nSPS) is 18.3. The van der Waals surface area contributed by atoms with E-state index in [9.17, 15) is 4.79 Å². The molecule has 1 unspecified atom stereocenters. The standard InChI is InChI=1S/C12H14N4OS/c13-10-11(14-6-15-12(10)17)16-8-2-1-3-9-7(8)4-5-18-9/h4-6,8H,1-3,13H2,(H2,14,15,16,17). The lowest BCUT2D eigenvalue weighted by Crippen LogP contribution is -2.21. The van der Waals surface area contributed by atoms with Crippen LogP contribution in [0.5, 0.6) is 0 Å². The van der Waals surface area contributed by atoms with Crippen LogP contribution in [0.3, 0.4) is 0 Å². The largest absolute Gasteiger partial charge is 0.391 e. The Morgan fingerprint density at radius 1 is 1.56 bits per heavy atom. The predicted molar refractivity (Wildman–Crippen MR) is 72.9 cm³/mol. The fourth-order valence-electron chi connectivity index (χ4n) is 2.33. The zero-order valence-electron chi connectivity index (χ0n) is 9.77. The highest BCUT2D eigenvalue weighted by Gasteiger charge is 2.22. The van der Waals surface area contributed by atoms with Crippen LogP contribution in [-0.4, -0.2) is 9.97 Å². The van der Waals surface area contributed by atoms with Gasteiger partial charge >= 0.3 is 0 Å². The third kappa shape index (κ3) is 1.88. The lowest BCUT2D eigenvalue weighted by Gasteiger charge is -2.24. The first-order chi connectivity index (χ1) is 8.75. The van der Waals surface area contributed by atoms with Gasteiger partial charge < -0.3 is 16.0 Å². The van der Waals surface area contributed by atoms with Crippen molar-refractivity contribution >= 4 is 22.8 Å². The van der Waals surface area contributed by atoms with Gasteiger partial charge in [0, 0.05) is 4.88 Å². The van der Waals surface area contributed by atoms with Crippen molar-refractivity contribution in [3.8, 4) is 0 Å². The molecule has 2 aromatic rings. The number of nitrogens with two attached hydrogens (primary N) is 1. The van der Waals surface area contributed by atoms with Gasteiger partial charge in [0.05, 0.1) is 12.4 Å². The first-order valence-corrected chi connectivity index (χ1v) is 6.79. The molecule has 0 amide bonds. The summed E-state index contributed by atoms with van der Waals surface area (Å²) in [5.74, 6) is 0.475. The maximum absolute atomic E-state index is 11.4. The lowest BCUT2D eigenvalue weighted by atomic mass is 9.94. The van der Waals surface area contributed by atoms with Gasteiger partial charge in [0.25, 0.3) is 5.56 Å². The molecule has 6 heteroatoms. The van der Waals surface area contributed by atoms with Gasteiger partial charge in [-0.3, -0.25) is 4.79 Å². The van der Waals surface area contributed by atoms with Crippen LogP contribution in [-0.2, 0) is 6.42 Å². The number of aromatic amines is 1. The molecule has 0 spiro atoms. The summed E-state index contributed by atoms with van der Waals surface area (Å²) in [6.07, 6.45) is 4.70. The fourth-order valence-corrected chi connectivity index (χ4v) is 3.31. The summed E-state index contributed by atoms with van der Waals surface area (Å²) in [5, 5.41) is 5.39. The number of thiophene rings is 1. The van der Waals surface area contributed by atoms with E-state index in [2.05, 4.69) is 26.7 Å². The van der Waals surface area contributed by atoms with Crippen LogP contribution in [0.1, 0.15) is 29.3 Å². The molecule has 0 fully saturated rings. The van der Waals surface area contributed by atoms with E-state index in [0.717, 1.165) is 19.3 Å². The van der Waals surface area contributed by atoms with Gasteiger partial charge in [-0.2, -0.15) is 0 Å². The summed E-state index contributed by atoms with van der Waals surface area (Å²) in [4.78, 5) is 19.4. The maximum atomic E-state index is 11.4. The van der Waals surface area contributed by atoms with Crippen LogP contribution in [0.4, 0.5) is 11.5 Å². The predicted octanol–water partition coefficient (Wildman–Crippen LogP) is 1.90. The van der Waals surface area contributed by atoms with Crippen LogP contribution in [0.2, 0.25) is 0 Å². The van der Waals surface area contributed by atoms with Crippen molar-refractivity contribution in [2.75, 3.05) is 11.1 Å². The summed E-state index contributed by atoms with van der Waals surface area (Å²) < 4.78 is 0. The van der Waals surface area contributed by atoms with Gasteiger partial charge in [-0.05, 0) is 36.3 Å². The Labute approximate surface area is 108 Å². The van der Waals surface area contributed by atoms with Crippen molar-refractivity contribution in [3.05, 3.63) is 38.6 Å². The summed E-state index contributed by atoms with van der Waals surface area (Å²) in [6, 6.07) is 2.34. The molecule has 0 saturated carbocycles. The number of nitrogens with one attached hydrogen (secondary N) is 2. The quantitative estimate of drug-likeness (QED) is 0.772. The number of hydrogen-bond donors (Lipinski definition) is 3. The van der Waals surface area contributed by atoms with Gasteiger partial charge in [0.2, 0.25) is 0 Å². The highest BCUT2D eigenvalue weighted by atomic mass is 32.1. The molecular formula is C12H14N4OS. The molecule has 0 saturated heterocycles. The Hall–Kier alpha value is -1.82. The lowest BCUT2D eigenvalue weighted by molar-refractivity contribution is 0.607. The van der Waals surface area contributed by atoms with Gasteiger partial charge in [0.1, 0.15) is 5.69 Å². The van der Waals surface area contributed by atoms with Crippen LogP contribution in [0.15, 0.2) is 22.6 Å². The van der Waals surface area contributed by atoms with E-state index in [4.69, 9.17) is 5.73 Å². The van der Waals surface area contributed by atoms with Crippen molar-refractivity contribution in [3.63, 3.8) is 0 Å². The van der Waals surface area contributed by atoms with Gasteiger partial charge in [-0.1, -0.05) is 0 Å². The highest BCUT2D eigenvalue weighted by molar-refractivity contribution is 7.10. The van der Waals surface area contributed by atoms with Crippen molar-refractivity contribution in [1.82, 2.24) is 9.97 Å². The topological polar surface area (TPSA) is 83.8 Å². The molecule has 3 rings (SSSR count). The van der Waals surface area contributed by atoms with Gasteiger partial charge in [-0.25, -0.2) is 4.98 Å². The van der Waals surface area contributed by atoms with E-state index in [0.29, 0.717) is 5.82 Å². The molecule has 0 bridgehead atoms. The summed E-state index contributed by atoms with van der Waals surface area (Å²) in [5.41, 5.74) is 6.90. The van der Waals surface area contributed by atoms with Crippen molar-refractivity contribution in [2.45, 2.75) is 25.3 Å². The highest BCUT2D eigenvalue weighted by Crippen LogP contribution is 2.35. The minimum atomic E-state index is -0.297. The van der Waals surface area contributed by atoms with E-state index < -0.39 is 0 Å². The third-order valence-electron chi connectivity index (χ3n) is 3.25. The SMILES string of the molecule is Nc1c(NC2CCCc3sccc32)nc[nH]c1=O. The number of nitrogens with zero attached hydrogens (tertiary/aromatic N) is 1. The molecule has 0 radical (unpaired) electrons. The van der Waals surface area contributed by atoms with E-state index in [1.54, 1.807) is 11.3 Å². The molecule has 4 N–H and O–H groups in total. The minimum absolute atomic E-state index is 0.153. The third-order valence-corrected chi connectivity index (χ3v) is 4.25. The van der Waals surface area contributed by atoms with Crippen molar-refractivity contribution in [1.29, 1.82) is 0 Å². The molecule has 2 heterocycles. The second-order valence-electron chi connectivity index (χ2n) is 4.38. The van der Waals surface area contributed by atoms with Crippen LogP contribution in [0.25, 0.3) is 0 Å². The average molecular weight is 262 g/mol. The molecular weight excluding hydrogens is 248 g/mol. The van der Waals surface area contributed by atoms with E-state index in [1.165, 1.54) is 16.8 Å². The van der Waals surface area contributed by atoms with Crippen LogP contribution >= 0.6 is 11.3 Å². The van der Waals surface area contributed by atoms with Gasteiger partial charge in [-0.15, -0.1) is 11.3 Å². The molecule has 1 aliphatic rings. The second-order valence-corrected chi connectivity index (χ2v) is 5.38. The van der Waals surface area contributed by atoms with Crippen LogP contribution < -0.4 is 16.6 Å². The number of H-pyrrole nitrogens is 1. The van der Waals surface area contributed by atoms with Gasteiger partial charge in [0.15, 0.2) is 5.82 Å². The molecule has 18 heavy (non-hydrogen) atoms. The molecule has 5 nitrogen and oxygen atoms in total. The first kappa shape index (κ1) is 11.3. The van der Waals surface area contributed by atoms with Crippen LogP contribution in [0, 0.1) is 0 Å². The van der Waals surface area contributed by atoms with E-state index in [-0.39, 0.29) is 17.3 Å². The average Bonchev–Trinajstić information content (AvgIpc) is 2.84. The summed E-state index contributed by atoms with van der Waals surface area (Å²) in [7, 11) is 0. The summed E-state index contributed by atoms with van der Waals surface area (Å²) in [6.45, 7) is 0. The zero-order chi connectivity index (χ0) is 12.5. The Kier molecular flexibility index (Phi) is 2.79. The Bertz CT molecular complexity index is 619. The molecule has 2 aromatic heterocycles. The molecule has 1 atom stereocenters. The Morgan fingerprint density at radius 3 is 3.33 bits per heavy atom. The molecule has 0 aromatic carbocycles. The van der Waals surface area contributed by atoms with Crippen molar-refractivity contribution < 1.29 is 0 Å². The zero-order valence-corrected chi connectivity index (χ0v) is 10.6. The molecule has 0 aliphatic heterocycles. The monoisotopic (exact) mass is 262 g/mol. The van der Waals surface area contributed by atoms with E-state index >= 15 is 0 Å². The number of nitrogen functional groups attached to an aromatic ring is 1. The van der Waals surface area contributed by atoms with E-state index in [1.807, 2.05) is 0 Å². The first-order valence-electron chi connectivity index (χ1n) is 5.91. The number of fused-ring (bicyclic) bond motifs is 1. The maximum Gasteiger partial charge on any atom is 0.276 e. The number of hydrogen-bond acceptors (Lipinski definition) is 5. The second kappa shape index (κ2) is 4.45. The number of anilines is 2. The summed E-state index contributed by atoms with van der Waals surface area (Å²) >= 11 is 1.79. The Balaban J connectivity index is 1.91. The van der Waals surface area contributed by atoms with Crippen molar-refractivity contribution in [2.24, 2.45) is 0 Å². The fraction of sp³-hybridized carbons (Fsp3) is 0.333. The minimum Gasteiger partial charge on any atom is -0.391 e. The number of aromatic nitrogens is 2. The molecule has 94 valence electrons.